The summed E-state index contributed by atoms with van der Waals surface area (Å²) in [6.07, 6.45) is 1.76. The van der Waals surface area contributed by atoms with Gasteiger partial charge in [0.15, 0.2) is 0 Å². The molecule has 1 heteroatoms. The molecule has 102 valence electrons. The Bertz CT molecular complexity index is 756. The van der Waals surface area contributed by atoms with Gasteiger partial charge in [0.1, 0.15) is 0 Å². The maximum absolute atomic E-state index is 10.0. The van der Waals surface area contributed by atoms with Gasteiger partial charge >= 0.3 is 0 Å². The Hall–Kier alpha value is -1.86. The maximum atomic E-state index is 10.0. The first-order valence-electron chi connectivity index (χ1n) is 7.33. The van der Waals surface area contributed by atoms with Crippen LogP contribution in [0.1, 0.15) is 37.5 Å². The molecule has 0 fully saturated rings. The van der Waals surface area contributed by atoms with Gasteiger partial charge in [-0.25, -0.2) is 0 Å². The highest BCUT2D eigenvalue weighted by Gasteiger charge is 2.11. The van der Waals surface area contributed by atoms with E-state index in [2.05, 4.69) is 49.4 Å². The molecule has 1 N–H and O–H groups in total. The Morgan fingerprint density at radius 1 is 0.950 bits per heavy atom. The summed E-state index contributed by atoms with van der Waals surface area (Å²) >= 11 is 0. The van der Waals surface area contributed by atoms with Crippen LogP contribution in [0.2, 0.25) is 0 Å². The first kappa shape index (κ1) is 13.1. The van der Waals surface area contributed by atoms with Gasteiger partial charge in [-0.05, 0) is 52.1 Å². The lowest BCUT2D eigenvalue weighted by Gasteiger charge is -2.15. The zero-order chi connectivity index (χ0) is 14.1. The van der Waals surface area contributed by atoms with Crippen LogP contribution in [-0.2, 0) is 6.42 Å². The molecule has 0 saturated heterocycles. The molecule has 0 aliphatic heterocycles. The molecule has 1 nitrogen and oxygen atoms in total. The van der Waals surface area contributed by atoms with Crippen molar-refractivity contribution in [1.29, 1.82) is 0 Å². The Morgan fingerprint density at radius 2 is 1.70 bits per heavy atom. The SMILES string of the molecule is CCCc1c2ccccc2cc2c(C(C)O)cccc12. The van der Waals surface area contributed by atoms with E-state index in [0.717, 1.165) is 18.4 Å². The van der Waals surface area contributed by atoms with E-state index in [-0.39, 0.29) is 0 Å². The first-order valence-corrected chi connectivity index (χ1v) is 7.33. The Labute approximate surface area is 119 Å². The van der Waals surface area contributed by atoms with E-state index < -0.39 is 6.10 Å². The van der Waals surface area contributed by atoms with E-state index in [1.165, 1.54) is 27.1 Å². The number of benzene rings is 3. The van der Waals surface area contributed by atoms with Gasteiger partial charge in [0.25, 0.3) is 0 Å². The Kier molecular flexibility index (Phi) is 3.45. The van der Waals surface area contributed by atoms with Crippen molar-refractivity contribution in [1.82, 2.24) is 0 Å². The lowest BCUT2D eigenvalue weighted by Crippen LogP contribution is -1.96. The van der Waals surface area contributed by atoms with Gasteiger partial charge in [0.2, 0.25) is 0 Å². The Morgan fingerprint density at radius 3 is 2.45 bits per heavy atom. The average molecular weight is 264 g/mol. The van der Waals surface area contributed by atoms with Crippen LogP contribution in [0.3, 0.4) is 0 Å². The molecule has 0 heterocycles. The van der Waals surface area contributed by atoms with Crippen molar-refractivity contribution in [3.8, 4) is 0 Å². The number of fused-ring (bicyclic) bond motifs is 2. The summed E-state index contributed by atoms with van der Waals surface area (Å²) in [5, 5.41) is 15.1. The van der Waals surface area contributed by atoms with Gasteiger partial charge in [-0.1, -0.05) is 55.8 Å². The third-order valence-corrected chi connectivity index (χ3v) is 4.00. The summed E-state index contributed by atoms with van der Waals surface area (Å²) in [6.45, 7) is 4.05. The summed E-state index contributed by atoms with van der Waals surface area (Å²) in [7, 11) is 0. The summed E-state index contributed by atoms with van der Waals surface area (Å²) in [5.74, 6) is 0. The lowest BCUT2D eigenvalue weighted by molar-refractivity contribution is 0.201. The van der Waals surface area contributed by atoms with Crippen LogP contribution < -0.4 is 0 Å². The average Bonchev–Trinajstić information content (AvgIpc) is 2.46. The number of hydrogen-bond acceptors (Lipinski definition) is 1. The van der Waals surface area contributed by atoms with Crippen LogP contribution in [0.15, 0.2) is 48.5 Å². The quantitative estimate of drug-likeness (QED) is 0.660. The number of rotatable bonds is 3. The largest absolute Gasteiger partial charge is 0.389 e. The van der Waals surface area contributed by atoms with Gasteiger partial charge in [0.05, 0.1) is 6.10 Å². The topological polar surface area (TPSA) is 20.2 Å². The molecule has 0 amide bonds. The molecule has 0 aliphatic carbocycles. The molecule has 3 aromatic rings. The number of aryl methyl sites for hydroxylation is 1. The van der Waals surface area contributed by atoms with E-state index in [9.17, 15) is 5.11 Å². The first-order chi connectivity index (χ1) is 9.72. The van der Waals surface area contributed by atoms with Crippen molar-refractivity contribution in [2.45, 2.75) is 32.8 Å². The van der Waals surface area contributed by atoms with Crippen LogP contribution >= 0.6 is 0 Å². The van der Waals surface area contributed by atoms with E-state index in [0.29, 0.717) is 0 Å². The van der Waals surface area contributed by atoms with E-state index in [1.807, 2.05) is 13.0 Å². The van der Waals surface area contributed by atoms with E-state index in [4.69, 9.17) is 0 Å². The predicted octanol–water partition coefficient (Wildman–Crippen LogP) is 5.00. The minimum absolute atomic E-state index is 0.436. The number of aliphatic hydroxyl groups excluding tert-OH is 1. The summed E-state index contributed by atoms with van der Waals surface area (Å²) < 4.78 is 0. The van der Waals surface area contributed by atoms with Gasteiger partial charge in [-0.15, -0.1) is 0 Å². The van der Waals surface area contributed by atoms with E-state index >= 15 is 0 Å². The monoisotopic (exact) mass is 264 g/mol. The minimum atomic E-state index is -0.436. The molecule has 20 heavy (non-hydrogen) atoms. The highest BCUT2D eigenvalue weighted by Crippen LogP contribution is 2.33. The van der Waals surface area contributed by atoms with Crippen molar-refractivity contribution in [3.63, 3.8) is 0 Å². The van der Waals surface area contributed by atoms with Crippen molar-refractivity contribution in [3.05, 3.63) is 59.7 Å². The Balaban J connectivity index is 2.46. The van der Waals surface area contributed by atoms with Crippen LogP contribution in [0.25, 0.3) is 21.5 Å². The minimum Gasteiger partial charge on any atom is -0.389 e. The zero-order valence-electron chi connectivity index (χ0n) is 12.1. The van der Waals surface area contributed by atoms with Crippen molar-refractivity contribution >= 4 is 21.5 Å². The molecule has 0 saturated carbocycles. The molecule has 0 radical (unpaired) electrons. The molecule has 0 aliphatic rings. The van der Waals surface area contributed by atoms with Gasteiger partial charge < -0.3 is 5.11 Å². The summed E-state index contributed by atoms with van der Waals surface area (Å²) in [5.41, 5.74) is 2.42. The maximum Gasteiger partial charge on any atom is 0.0767 e. The third-order valence-electron chi connectivity index (χ3n) is 4.00. The second kappa shape index (κ2) is 5.26. The third kappa shape index (κ3) is 2.08. The normalized spacial score (nSPS) is 12.9. The number of hydrogen-bond donors (Lipinski definition) is 1. The molecule has 0 bridgehead atoms. The lowest BCUT2D eigenvalue weighted by atomic mass is 9.91. The fourth-order valence-corrected chi connectivity index (χ4v) is 3.09. The highest BCUT2D eigenvalue weighted by atomic mass is 16.3. The summed E-state index contributed by atoms with van der Waals surface area (Å²) in [4.78, 5) is 0. The molecule has 0 aromatic heterocycles. The fourth-order valence-electron chi connectivity index (χ4n) is 3.09. The second-order valence-corrected chi connectivity index (χ2v) is 5.44. The van der Waals surface area contributed by atoms with E-state index in [1.54, 1.807) is 0 Å². The van der Waals surface area contributed by atoms with Crippen LogP contribution in [0.4, 0.5) is 0 Å². The van der Waals surface area contributed by atoms with Gasteiger partial charge in [0, 0.05) is 0 Å². The zero-order valence-corrected chi connectivity index (χ0v) is 12.1. The van der Waals surface area contributed by atoms with Crippen molar-refractivity contribution < 1.29 is 5.11 Å². The van der Waals surface area contributed by atoms with Crippen molar-refractivity contribution in [2.75, 3.05) is 0 Å². The molecule has 1 atom stereocenters. The van der Waals surface area contributed by atoms with Crippen LogP contribution in [-0.4, -0.2) is 5.11 Å². The highest BCUT2D eigenvalue weighted by molar-refractivity contribution is 6.03. The summed E-state index contributed by atoms with van der Waals surface area (Å²) in [6, 6.07) is 17.0. The van der Waals surface area contributed by atoms with Crippen LogP contribution in [0, 0.1) is 0 Å². The van der Waals surface area contributed by atoms with Crippen molar-refractivity contribution in [2.24, 2.45) is 0 Å². The standard InChI is InChI=1S/C19H20O/c1-3-7-17-16-9-5-4-8-14(16)12-19-15(13(2)20)10-6-11-18(17)19/h4-6,8-13,20H,3,7H2,1-2H3. The van der Waals surface area contributed by atoms with Crippen LogP contribution in [0.5, 0.6) is 0 Å². The molecule has 1 unspecified atom stereocenters. The second-order valence-electron chi connectivity index (χ2n) is 5.44. The fraction of sp³-hybridized carbons (Fsp3) is 0.263. The van der Waals surface area contributed by atoms with Gasteiger partial charge in [-0.2, -0.15) is 0 Å². The predicted molar refractivity (Wildman–Crippen MR) is 86.1 cm³/mol. The molecular weight excluding hydrogens is 244 g/mol. The molecular formula is C19H20O. The molecule has 3 rings (SSSR count). The number of aliphatic hydroxyl groups is 1. The van der Waals surface area contributed by atoms with Gasteiger partial charge in [-0.3, -0.25) is 0 Å². The molecule has 0 spiro atoms. The molecule has 3 aromatic carbocycles. The smallest absolute Gasteiger partial charge is 0.0767 e.